The molecule has 0 bridgehead atoms. The van der Waals surface area contributed by atoms with Crippen molar-refractivity contribution in [2.75, 3.05) is 12.4 Å². The van der Waals surface area contributed by atoms with Crippen molar-refractivity contribution in [3.63, 3.8) is 0 Å². The Hall–Kier alpha value is -1.46. The third-order valence-electron chi connectivity index (χ3n) is 7.19. The molecule has 4 nitrogen and oxygen atoms in total. The quantitative estimate of drug-likeness (QED) is 0.597. The molecule has 1 saturated carbocycles. The van der Waals surface area contributed by atoms with Gasteiger partial charge in [0.05, 0.1) is 0 Å². The largest absolute Gasteiger partial charge is 0.329 e. The number of nitrogens with zero attached hydrogens (tertiary/aromatic N) is 1. The number of hydrogen-bond donors (Lipinski definition) is 2. The Kier molecular flexibility index (Phi) is 6.26. The van der Waals surface area contributed by atoms with Crippen LogP contribution in [0.25, 0.3) is 0 Å². The van der Waals surface area contributed by atoms with Crippen LogP contribution in [0.1, 0.15) is 74.6 Å². The smallest absolute Gasteiger partial charge is 0.307 e. The van der Waals surface area contributed by atoms with Crippen LogP contribution in [0.2, 0.25) is 0 Å². The Morgan fingerprint density at radius 3 is 2.31 bits per heavy atom. The highest BCUT2D eigenvalue weighted by Gasteiger charge is 2.29. The summed E-state index contributed by atoms with van der Waals surface area (Å²) >= 11 is 1.36. The van der Waals surface area contributed by atoms with E-state index in [1.165, 1.54) is 72.7 Å². The fourth-order valence-electron chi connectivity index (χ4n) is 5.27. The fraction of sp³-hybridized carbons (Fsp3) is 0.625. The standard InChI is InChI=1S/C24H35N3OS/c1-24(2,27(3)19-10-4-5-11-19)14-15-29-26-23(28)25-22-20-12-6-8-17(20)16-18-9-7-13-21(18)22/h14-16,19H,4-13H2,1-3H3,(H2,25,26,28)/b15-14+. The van der Waals surface area contributed by atoms with E-state index in [1.807, 2.05) is 5.41 Å². The molecule has 0 aliphatic heterocycles. The number of anilines is 1. The van der Waals surface area contributed by atoms with Gasteiger partial charge in [0.1, 0.15) is 0 Å². The van der Waals surface area contributed by atoms with E-state index in [9.17, 15) is 4.79 Å². The van der Waals surface area contributed by atoms with E-state index in [4.69, 9.17) is 0 Å². The molecular formula is C24H35N3OS. The second-order valence-corrected chi connectivity index (χ2v) is 10.1. The molecule has 0 unspecified atom stereocenters. The van der Waals surface area contributed by atoms with E-state index >= 15 is 0 Å². The van der Waals surface area contributed by atoms with Gasteiger partial charge >= 0.3 is 6.03 Å². The zero-order valence-corrected chi connectivity index (χ0v) is 19.0. The van der Waals surface area contributed by atoms with Crippen LogP contribution < -0.4 is 10.0 Å². The van der Waals surface area contributed by atoms with Crippen LogP contribution in [0.5, 0.6) is 0 Å². The summed E-state index contributed by atoms with van der Waals surface area (Å²) in [5.74, 6) is 0. The lowest BCUT2D eigenvalue weighted by molar-refractivity contribution is 0.142. The highest BCUT2D eigenvalue weighted by Crippen LogP contribution is 2.38. The minimum atomic E-state index is -0.115. The van der Waals surface area contributed by atoms with Crippen LogP contribution in [0.4, 0.5) is 10.5 Å². The molecule has 5 heteroatoms. The van der Waals surface area contributed by atoms with Crippen LogP contribution in [0.15, 0.2) is 17.6 Å². The number of likely N-dealkylation sites (N-methyl/N-ethyl adjacent to an activating group) is 1. The Bertz CT molecular complexity index is 764. The molecule has 1 aromatic rings. The van der Waals surface area contributed by atoms with Crippen LogP contribution in [-0.2, 0) is 25.7 Å². The number of aryl methyl sites for hydroxylation is 2. The zero-order chi connectivity index (χ0) is 20.4. The summed E-state index contributed by atoms with van der Waals surface area (Å²) in [5.41, 5.74) is 6.74. The van der Waals surface area contributed by atoms with Gasteiger partial charge in [-0.15, -0.1) is 0 Å². The highest BCUT2D eigenvalue weighted by atomic mass is 32.2. The first-order chi connectivity index (χ1) is 14.0. The van der Waals surface area contributed by atoms with Gasteiger partial charge < -0.3 is 5.32 Å². The Balaban J connectivity index is 1.34. The molecular weight excluding hydrogens is 378 g/mol. The lowest BCUT2D eigenvalue weighted by Gasteiger charge is -2.37. The number of carbonyl (C=O) groups excluding carboxylic acids is 1. The van der Waals surface area contributed by atoms with Gasteiger partial charge in [-0.25, -0.2) is 4.79 Å². The first kappa shape index (κ1) is 20.8. The van der Waals surface area contributed by atoms with E-state index in [0.717, 1.165) is 31.4 Å². The van der Waals surface area contributed by atoms with Crippen LogP contribution in [-0.4, -0.2) is 29.6 Å². The maximum Gasteiger partial charge on any atom is 0.329 e. The molecule has 2 N–H and O–H groups in total. The van der Waals surface area contributed by atoms with Crippen LogP contribution in [0, 0.1) is 0 Å². The topological polar surface area (TPSA) is 44.4 Å². The SMILES string of the molecule is CN(C1CCCC1)C(C)(C)/C=C/SNC(=O)Nc1c2c(cc3c1CCC3)CCC2. The average molecular weight is 414 g/mol. The average Bonchev–Trinajstić information content (AvgIpc) is 3.45. The number of carbonyl (C=O) groups is 1. The van der Waals surface area contributed by atoms with E-state index in [-0.39, 0.29) is 11.6 Å². The van der Waals surface area contributed by atoms with Crippen molar-refractivity contribution in [1.82, 2.24) is 9.62 Å². The molecule has 1 fully saturated rings. The van der Waals surface area contributed by atoms with Gasteiger partial charge in [0.2, 0.25) is 0 Å². The maximum absolute atomic E-state index is 12.6. The van der Waals surface area contributed by atoms with E-state index in [0.29, 0.717) is 6.04 Å². The van der Waals surface area contributed by atoms with Crippen molar-refractivity contribution in [2.24, 2.45) is 0 Å². The van der Waals surface area contributed by atoms with E-state index in [2.05, 4.69) is 48.0 Å². The number of nitrogens with one attached hydrogen (secondary N) is 2. The monoisotopic (exact) mass is 413 g/mol. The van der Waals surface area contributed by atoms with E-state index < -0.39 is 0 Å². The van der Waals surface area contributed by atoms with Crippen molar-refractivity contribution < 1.29 is 4.79 Å². The van der Waals surface area contributed by atoms with Crippen LogP contribution in [0.3, 0.4) is 0 Å². The minimum absolute atomic E-state index is 0.0127. The molecule has 0 atom stereocenters. The summed E-state index contributed by atoms with van der Waals surface area (Å²) in [6, 6.07) is 2.96. The molecule has 0 spiro atoms. The number of rotatable bonds is 6. The molecule has 4 rings (SSSR count). The third-order valence-corrected chi connectivity index (χ3v) is 7.76. The molecule has 3 aliphatic carbocycles. The summed E-state index contributed by atoms with van der Waals surface area (Å²) < 4.78 is 2.96. The normalized spacial score (nSPS) is 19.2. The second-order valence-electron chi connectivity index (χ2n) is 9.41. The summed E-state index contributed by atoms with van der Waals surface area (Å²) in [6.07, 6.45) is 14.4. The first-order valence-electron chi connectivity index (χ1n) is 11.3. The summed E-state index contributed by atoms with van der Waals surface area (Å²) in [6.45, 7) is 4.50. The first-order valence-corrected chi connectivity index (χ1v) is 12.1. The highest BCUT2D eigenvalue weighted by molar-refractivity contribution is 8.00. The van der Waals surface area contributed by atoms with Crippen molar-refractivity contribution in [3.05, 3.63) is 39.8 Å². The fourth-order valence-corrected chi connectivity index (χ4v) is 5.90. The van der Waals surface area contributed by atoms with Gasteiger partial charge in [0, 0.05) is 17.3 Å². The molecule has 0 aromatic heterocycles. The molecule has 1 aromatic carbocycles. The zero-order valence-electron chi connectivity index (χ0n) is 18.1. The van der Waals surface area contributed by atoms with Crippen molar-refractivity contribution in [3.8, 4) is 0 Å². The van der Waals surface area contributed by atoms with Gasteiger partial charge in [0.15, 0.2) is 0 Å². The number of hydrogen-bond acceptors (Lipinski definition) is 3. The van der Waals surface area contributed by atoms with Gasteiger partial charge in [0.25, 0.3) is 0 Å². The van der Waals surface area contributed by atoms with Gasteiger partial charge in [-0.2, -0.15) is 0 Å². The number of amides is 2. The van der Waals surface area contributed by atoms with Gasteiger partial charge in [-0.3, -0.25) is 9.62 Å². The molecule has 2 amide bonds. The molecule has 29 heavy (non-hydrogen) atoms. The van der Waals surface area contributed by atoms with Crippen molar-refractivity contribution in [1.29, 1.82) is 0 Å². The van der Waals surface area contributed by atoms with Crippen molar-refractivity contribution >= 4 is 23.7 Å². The number of fused-ring (bicyclic) bond motifs is 2. The lowest BCUT2D eigenvalue weighted by Crippen LogP contribution is -2.45. The number of urea groups is 1. The summed E-state index contributed by atoms with van der Waals surface area (Å²) in [4.78, 5) is 15.1. The molecule has 0 heterocycles. The minimum Gasteiger partial charge on any atom is -0.307 e. The molecule has 3 aliphatic rings. The Labute approximate surface area is 180 Å². The predicted octanol–water partition coefficient (Wildman–Crippen LogP) is 5.60. The van der Waals surface area contributed by atoms with Gasteiger partial charge in [-0.1, -0.05) is 25.0 Å². The third kappa shape index (κ3) is 4.51. The Morgan fingerprint density at radius 1 is 1.07 bits per heavy atom. The van der Waals surface area contributed by atoms with Crippen LogP contribution >= 0.6 is 11.9 Å². The van der Waals surface area contributed by atoms with Crippen molar-refractivity contribution in [2.45, 2.75) is 89.6 Å². The lowest BCUT2D eigenvalue weighted by atomic mass is 9.99. The van der Waals surface area contributed by atoms with E-state index in [1.54, 1.807) is 0 Å². The molecule has 0 saturated heterocycles. The molecule has 0 radical (unpaired) electrons. The summed E-state index contributed by atoms with van der Waals surface area (Å²) in [7, 11) is 2.22. The Morgan fingerprint density at radius 2 is 1.69 bits per heavy atom. The molecule has 158 valence electrons. The predicted molar refractivity (Wildman–Crippen MR) is 123 cm³/mol. The number of benzene rings is 1. The second kappa shape index (κ2) is 8.73. The van der Waals surface area contributed by atoms with Gasteiger partial charge in [-0.05, 0) is 112 Å². The summed E-state index contributed by atoms with van der Waals surface area (Å²) in [5, 5.41) is 5.21. The maximum atomic E-state index is 12.6.